The molecule has 0 bridgehead atoms. The summed E-state index contributed by atoms with van der Waals surface area (Å²) in [6.45, 7) is 9.99. The maximum Gasteiger partial charge on any atom is 0.242 e. The first kappa shape index (κ1) is 14.7. The van der Waals surface area contributed by atoms with Crippen LogP contribution in [0, 0.1) is 0 Å². The molecule has 2 rings (SSSR count). The van der Waals surface area contributed by atoms with Crippen molar-refractivity contribution >= 4 is 18.3 Å². The van der Waals surface area contributed by atoms with Gasteiger partial charge in [0.05, 0.1) is 5.54 Å². The first-order valence-electron chi connectivity index (χ1n) is 6.37. The SMILES string of the molecule is CC(C)(C(=O)N1CCCC1)N1CCNCC1.Cl. The fraction of sp³-hybridized carbons (Fsp3) is 0.917. The Balaban J connectivity index is 0.00000144. The molecule has 2 aliphatic heterocycles. The second-order valence-corrected chi connectivity index (χ2v) is 5.30. The molecule has 2 aliphatic rings. The summed E-state index contributed by atoms with van der Waals surface area (Å²) < 4.78 is 0. The molecule has 0 atom stereocenters. The van der Waals surface area contributed by atoms with Crippen molar-refractivity contribution in [2.45, 2.75) is 32.2 Å². The molecule has 2 fully saturated rings. The van der Waals surface area contributed by atoms with Crippen LogP contribution in [0.3, 0.4) is 0 Å². The minimum Gasteiger partial charge on any atom is -0.341 e. The minimum atomic E-state index is -0.327. The van der Waals surface area contributed by atoms with Gasteiger partial charge in [-0.2, -0.15) is 0 Å². The molecule has 0 aromatic rings. The third kappa shape index (κ3) is 3.12. The Morgan fingerprint density at radius 2 is 1.59 bits per heavy atom. The normalized spacial score (nSPS) is 22.4. The number of hydrogen-bond acceptors (Lipinski definition) is 3. The molecule has 100 valence electrons. The van der Waals surface area contributed by atoms with Crippen LogP contribution in [-0.4, -0.2) is 60.5 Å². The van der Waals surface area contributed by atoms with E-state index in [1.54, 1.807) is 0 Å². The first-order valence-corrected chi connectivity index (χ1v) is 6.37. The summed E-state index contributed by atoms with van der Waals surface area (Å²) in [5, 5.41) is 3.33. The number of piperazine rings is 1. The standard InChI is InChI=1S/C12H23N3O.ClH/c1-12(2,15-9-5-13-6-10-15)11(16)14-7-3-4-8-14;/h13H,3-10H2,1-2H3;1H. The molecule has 0 aliphatic carbocycles. The van der Waals surface area contributed by atoms with Crippen LogP contribution in [0.2, 0.25) is 0 Å². The van der Waals surface area contributed by atoms with Crippen molar-refractivity contribution in [3.63, 3.8) is 0 Å². The molecule has 0 saturated carbocycles. The van der Waals surface area contributed by atoms with E-state index >= 15 is 0 Å². The van der Waals surface area contributed by atoms with Gasteiger partial charge in [-0.3, -0.25) is 9.69 Å². The maximum atomic E-state index is 12.4. The van der Waals surface area contributed by atoms with Gasteiger partial charge in [-0.25, -0.2) is 0 Å². The van der Waals surface area contributed by atoms with Gasteiger partial charge in [-0.15, -0.1) is 12.4 Å². The van der Waals surface area contributed by atoms with Crippen molar-refractivity contribution in [1.82, 2.24) is 15.1 Å². The Kier molecular flexibility index (Phi) is 5.22. The van der Waals surface area contributed by atoms with Gasteiger partial charge in [-0.05, 0) is 26.7 Å². The number of rotatable bonds is 2. The number of hydrogen-bond donors (Lipinski definition) is 1. The molecule has 2 saturated heterocycles. The highest BCUT2D eigenvalue weighted by atomic mass is 35.5. The highest BCUT2D eigenvalue weighted by Gasteiger charge is 2.38. The van der Waals surface area contributed by atoms with Gasteiger partial charge in [0, 0.05) is 39.3 Å². The zero-order chi connectivity index (χ0) is 11.6. The van der Waals surface area contributed by atoms with Crippen molar-refractivity contribution in [2.75, 3.05) is 39.3 Å². The molecule has 0 aromatic heterocycles. The van der Waals surface area contributed by atoms with Gasteiger partial charge < -0.3 is 10.2 Å². The van der Waals surface area contributed by atoms with E-state index in [1.165, 1.54) is 12.8 Å². The quantitative estimate of drug-likeness (QED) is 0.796. The predicted octanol–water partition coefficient (Wildman–Crippen LogP) is 0.714. The van der Waals surface area contributed by atoms with Crippen molar-refractivity contribution in [1.29, 1.82) is 0 Å². The van der Waals surface area contributed by atoms with Crippen molar-refractivity contribution in [2.24, 2.45) is 0 Å². The maximum absolute atomic E-state index is 12.4. The third-order valence-corrected chi connectivity index (χ3v) is 3.82. The second kappa shape index (κ2) is 6.03. The number of carbonyl (C=O) groups is 1. The highest BCUT2D eigenvalue weighted by Crippen LogP contribution is 2.21. The zero-order valence-electron chi connectivity index (χ0n) is 10.9. The van der Waals surface area contributed by atoms with E-state index in [2.05, 4.69) is 24.1 Å². The average molecular weight is 262 g/mol. The van der Waals surface area contributed by atoms with E-state index in [-0.39, 0.29) is 17.9 Å². The fourth-order valence-electron chi connectivity index (χ4n) is 2.67. The summed E-state index contributed by atoms with van der Waals surface area (Å²) in [5.74, 6) is 0.312. The molecule has 1 N–H and O–H groups in total. The molecule has 0 aromatic carbocycles. The van der Waals surface area contributed by atoms with Crippen molar-refractivity contribution in [3.8, 4) is 0 Å². The van der Waals surface area contributed by atoms with E-state index < -0.39 is 0 Å². The van der Waals surface area contributed by atoms with E-state index in [0.717, 1.165) is 39.3 Å². The summed E-state index contributed by atoms with van der Waals surface area (Å²) in [6.07, 6.45) is 2.34. The van der Waals surface area contributed by atoms with Gasteiger partial charge in [0.1, 0.15) is 0 Å². The van der Waals surface area contributed by atoms with E-state index in [9.17, 15) is 4.79 Å². The smallest absolute Gasteiger partial charge is 0.242 e. The number of halogens is 1. The number of nitrogens with one attached hydrogen (secondary N) is 1. The zero-order valence-corrected chi connectivity index (χ0v) is 11.7. The van der Waals surface area contributed by atoms with Crippen LogP contribution in [0.25, 0.3) is 0 Å². The van der Waals surface area contributed by atoms with Gasteiger partial charge >= 0.3 is 0 Å². The first-order chi connectivity index (χ1) is 7.62. The lowest BCUT2D eigenvalue weighted by atomic mass is 9.99. The lowest BCUT2D eigenvalue weighted by molar-refractivity contribution is -0.142. The van der Waals surface area contributed by atoms with Crippen LogP contribution < -0.4 is 5.32 Å². The summed E-state index contributed by atoms with van der Waals surface area (Å²) in [5.41, 5.74) is -0.327. The Labute approximate surface area is 110 Å². The molecule has 1 amide bonds. The van der Waals surface area contributed by atoms with Gasteiger partial charge in [0.2, 0.25) is 5.91 Å². The lowest BCUT2D eigenvalue weighted by Gasteiger charge is -2.41. The molecule has 5 heteroatoms. The van der Waals surface area contributed by atoms with Gasteiger partial charge in [-0.1, -0.05) is 0 Å². The van der Waals surface area contributed by atoms with Crippen LogP contribution in [0.15, 0.2) is 0 Å². The molecule has 2 heterocycles. The molecule has 0 spiro atoms. The Bertz CT molecular complexity index is 258. The average Bonchev–Trinajstić information content (AvgIpc) is 2.82. The van der Waals surface area contributed by atoms with Crippen LogP contribution in [0.4, 0.5) is 0 Å². The van der Waals surface area contributed by atoms with Crippen molar-refractivity contribution < 1.29 is 4.79 Å². The monoisotopic (exact) mass is 261 g/mol. The summed E-state index contributed by atoms with van der Waals surface area (Å²) in [7, 11) is 0. The fourth-order valence-corrected chi connectivity index (χ4v) is 2.67. The van der Waals surface area contributed by atoms with Crippen LogP contribution in [0.1, 0.15) is 26.7 Å². The summed E-state index contributed by atoms with van der Waals surface area (Å²) >= 11 is 0. The number of carbonyl (C=O) groups excluding carboxylic acids is 1. The Morgan fingerprint density at radius 3 is 2.12 bits per heavy atom. The summed E-state index contributed by atoms with van der Waals surface area (Å²) in [6, 6.07) is 0. The van der Waals surface area contributed by atoms with E-state index in [4.69, 9.17) is 0 Å². The Morgan fingerprint density at radius 1 is 1.06 bits per heavy atom. The molecule has 4 nitrogen and oxygen atoms in total. The molecule has 0 radical (unpaired) electrons. The molecule has 17 heavy (non-hydrogen) atoms. The Hall–Kier alpha value is -0.320. The van der Waals surface area contributed by atoms with Crippen LogP contribution in [0.5, 0.6) is 0 Å². The topological polar surface area (TPSA) is 35.6 Å². The lowest BCUT2D eigenvalue weighted by Crippen LogP contribution is -2.60. The number of likely N-dealkylation sites (tertiary alicyclic amines) is 1. The largest absolute Gasteiger partial charge is 0.341 e. The van der Waals surface area contributed by atoms with Gasteiger partial charge in [0.15, 0.2) is 0 Å². The van der Waals surface area contributed by atoms with Crippen molar-refractivity contribution in [3.05, 3.63) is 0 Å². The summed E-state index contributed by atoms with van der Waals surface area (Å²) in [4.78, 5) is 16.8. The van der Waals surface area contributed by atoms with E-state index in [0.29, 0.717) is 5.91 Å². The molecular weight excluding hydrogens is 238 g/mol. The van der Waals surface area contributed by atoms with Gasteiger partial charge in [0.25, 0.3) is 0 Å². The molecule has 0 unspecified atom stereocenters. The second-order valence-electron chi connectivity index (χ2n) is 5.30. The predicted molar refractivity (Wildman–Crippen MR) is 71.6 cm³/mol. The van der Waals surface area contributed by atoms with Crippen LogP contribution >= 0.6 is 12.4 Å². The molecular formula is C12H24ClN3O. The minimum absolute atomic E-state index is 0. The third-order valence-electron chi connectivity index (χ3n) is 3.82. The number of nitrogens with zero attached hydrogens (tertiary/aromatic N) is 2. The highest BCUT2D eigenvalue weighted by molar-refractivity contribution is 5.86. The van der Waals surface area contributed by atoms with Crippen LogP contribution in [-0.2, 0) is 4.79 Å². The number of amides is 1. The van der Waals surface area contributed by atoms with E-state index in [1.807, 2.05) is 4.90 Å².